The first-order chi connectivity index (χ1) is 8.97. The molecule has 0 N–H and O–H groups in total. The number of aryl methyl sites for hydroxylation is 1. The number of carbonyl (C=O) groups excluding carboxylic acids is 2. The first kappa shape index (κ1) is 14.5. The highest BCUT2D eigenvalue weighted by Gasteiger charge is 2.31. The number of halogens is 1. The molecule has 1 saturated heterocycles. The summed E-state index contributed by atoms with van der Waals surface area (Å²) < 4.78 is 0.863. The fraction of sp³-hybridized carbons (Fsp3) is 0.462. The van der Waals surface area contributed by atoms with Gasteiger partial charge in [0.15, 0.2) is 5.12 Å². The molecule has 1 atom stereocenters. The lowest BCUT2D eigenvalue weighted by atomic mass is 10.1. The van der Waals surface area contributed by atoms with Crippen LogP contribution in [0.5, 0.6) is 0 Å². The van der Waals surface area contributed by atoms with E-state index in [4.69, 9.17) is 0 Å². The van der Waals surface area contributed by atoms with E-state index in [0.717, 1.165) is 15.9 Å². The number of hydrogen-bond acceptors (Lipinski definition) is 4. The molecular formula is C13H15BrN2O2S. The van der Waals surface area contributed by atoms with Gasteiger partial charge in [-0.3, -0.25) is 14.6 Å². The monoisotopic (exact) mass is 342 g/mol. The smallest absolute Gasteiger partial charge is 0.227 e. The Labute approximate surface area is 125 Å². The Hall–Kier alpha value is -0.880. The number of amides is 1. The number of pyridine rings is 1. The van der Waals surface area contributed by atoms with Gasteiger partial charge in [-0.15, -0.1) is 0 Å². The van der Waals surface area contributed by atoms with Crippen molar-refractivity contribution in [3.63, 3.8) is 0 Å². The molecule has 1 aliphatic heterocycles. The lowest BCUT2D eigenvalue weighted by molar-refractivity contribution is -0.117. The van der Waals surface area contributed by atoms with Gasteiger partial charge in [-0.05, 0) is 34.8 Å². The van der Waals surface area contributed by atoms with Crippen LogP contribution in [0.1, 0.15) is 19.0 Å². The normalized spacial score (nSPS) is 19.0. The van der Waals surface area contributed by atoms with Crippen molar-refractivity contribution in [2.45, 2.75) is 20.3 Å². The zero-order valence-corrected chi connectivity index (χ0v) is 13.3. The standard InChI is InChI=1S/C13H15BrN2O2S/c1-8-12(4-11(14)5-15-8)16-6-10(3-13(16)18)7-19-9(2)17/h4-5,10H,3,6-7H2,1-2H3. The molecule has 1 fully saturated rings. The molecule has 102 valence electrons. The van der Waals surface area contributed by atoms with E-state index in [1.807, 2.05) is 13.0 Å². The largest absolute Gasteiger partial charge is 0.310 e. The number of rotatable bonds is 3. The molecule has 6 heteroatoms. The predicted octanol–water partition coefficient (Wildman–Crippen LogP) is 2.79. The van der Waals surface area contributed by atoms with Crippen LogP contribution in [0.15, 0.2) is 16.7 Å². The lowest BCUT2D eigenvalue weighted by Crippen LogP contribution is -2.25. The van der Waals surface area contributed by atoms with E-state index in [-0.39, 0.29) is 16.9 Å². The van der Waals surface area contributed by atoms with Crippen LogP contribution < -0.4 is 4.90 Å². The Morgan fingerprint density at radius 2 is 2.37 bits per heavy atom. The summed E-state index contributed by atoms with van der Waals surface area (Å²) in [7, 11) is 0. The molecule has 0 aromatic carbocycles. The summed E-state index contributed by atoms with van der Waals surface area (Å²) in [5, 5.41) is 0.103. The van der Waals surface area contributed by atoms with Crippen molar-refractivity contribution < 1.29 is 9.59 Å². The van der Waals surface area contributed by atoms with Crippen LogP contribution in [0, 0.1) is 12.8 Å². The van der Waals surface area contributed by atoms with Crippen molar-refractivity contribution in [2.75, 3.05) is 17.2 Å². The van der Waals surface area contributed by atoms with E-state index < -0.39 is 0 Å². The van der Waals surface area contributed by atoms with E-state index >= 15 is 0 Å². The molecule has 0 bridgehead atoms. The van der Waals surface area contributed by atoms with Gasteiger partial charge in [0.1, 0.15) is 0 Å². The van der Waals surface area contributed by atoms with Gasteiger partial charge in [0.2, 0.25) is 5.91 Å². The molecule has 0 radical (unpaired) electrons. The second-order valence-corrected chi connectivity index (χ2v) is 6.75. The topological polar surface area (TPSA) is 50.3 Å². The summed E-state index contributed by atoms with van der Waals surface area (Å²) in [6.45, 7) is 4.12. The molecule has 19 heavy (non-hydrogen) atoms. The third-order valence-corrected chi connectivity index (χ3v) is 4.52. The van der Waals surface area contributed by atoms with Crippen LogP contribution in [0.2, 0.25) is 0 Å². The SMILES string of the molecule is CC(=O)SCC1CC(=O)N(c2cc(Br)cnc2C)C1. The molecule has 2 rings (SSSR count). The van der Waals surface area contributed by atoms with Crippen LogP contribution in [0.25, 0.3) is 0 Å². The predicted molar refractivity (Wildman–Crippen MR) is 80.3 cm³/mol. The fourth-order valence-corrected chi connectivity index (χ4v) is 3.14. The zero-order valence-electron chi connectivity index (χ0n) is 10.9. The van der Waals surface area contributed by atoms with Crippen LogP contribution >= 0.6 is 27.7 Å². The van der Waals surface area contributed by atoms with Gasteiger partial charge < -0.3 is 4.90 Å². The number of thioether (sulfide) groups is 1. The van der Waals surface area contributed by atoms with E-state index in [1.165, 1.54) is 11.8 Å². The summed E-state index contributed by atoms with van der Waals surface area (Å²) in [4.78, 5) is 29.1. The highest BCUT2D eigenvalue weighted by atomic mass is 79.9. The summed E-state index contributed by atoms with van der Waals surface area (Å²) >= 11 is 4.67. The van der Waals surface area contributed by atoms with E-state index in [9.17, 15) is 9.59 Å². The van der Waals surface area contributed by atoms with Gasteiger partial charge in [0.05, 0.1) is 11.4 Å². The summed E-state index contributed by atoms with van der Waals surface area (Å²) in [5.41, 5.74) is 1.70. The van der Waals surface area contributed by atoms with Crippen LogP contribution in [-0.4, -0.2) is 28.3 Å². The number of anilines is 1. The Kier molecular flexibility index (Phi) is 4.62. The lowest BCUT2D eigenvalue weighted by Gasteiger charge is -2.18. The minimum Gasteiger partial charge on any atom is -0.310 e. The van der Waals surface area contributed by atoms with E-state index in [2.05, 4.69) is 20.9 Å². The van der Waals surface area contributed by atoms with Crippen LogP contribution in [0.4, 0.5) is 5.69 Å². The zero-order chi connectivity index (χ0) is 14.0. The third-order valence-electron chi connectivity index (χ3n) is 3.05. The Morgan fingerprint density at radius 3 is 3.05 bits per heavy atom. The van der Waals surface area contributed by atoms with Gasteiger partial charge in [-0.2, -0.15) is 0 Å². The summed E-state index contributed by atoms with van der Waals surface area (Å²) in [6, 6.07) is 1.92. The molecule has 1 aliphatic rings. The van der Waals surface area contributed by atoms with Crippen LogP contribution in [0.3, 0.4) is 0 Å². The molecule has 1 amide bonds. The third kappa shape index (κ3) is 3.57. The number of carbonyl (C=O) groups is 2. The van der Waals surface area contributed by atoms with E-state index in [0.29, 0.717) is 18.7 Å². The van der Waals surface area contributed by atoms with Crippen molar-refractivity contribution in [2.24, 2.45) is 5.92 Å². The van der Waals surface area contributed by atoms with Gasteiger partial charge in [0, 0.05) is 36.3 Å². The molecule has 1 aromatic heterocycles. The molecule has 0 spiro atoms. The molecule has 1 unspecified atom stereocenters. The molecule has 2 heterocycles. The summed E-state index contributed by atoms with van der Waals surface area (Å²) in [5.74, 6) is 1.05. The first-order valence-electron chi connectivity index (χ1n) is 6.03. The van der Waals surface area contributed by atoms with E-state index in [1.54, 1.807) is 18.0 Å². The minimum atomic E-state index is 0.103. The van der Waals surface area contributed by atoms with Gasteiger partial charge >= 0.3 is 0 Å². The van der Waals surface area contributed by atoms with Gasteiger partial charge in [0.25, 0.3) is 0 Å². The maximum absolute atomic E-state index is 12.1. The van der Waals surface area contributed by atoms with Crippen LogP contribution in [-0.2, 0) is 9.59 Å². The average molecular weight is 343 g/mol. The summed E-state index contributed by atoms with van der Waals surface area (Å²) in [6.07, 6.45) is 2.23. The Balaban J connectivity index is 2.11. The van der Waals surface area contributed by atoms with Gasteiger partial charge in [-0.25, -0.2) is 0 Å². The molecule has 1 aromatic rings. The van der Waals surface area contributed by atoms with Crippen molar-refractivity contribution in [3.8, 4) is 0 Å². The second kappa shape index (κ2) is 6.05. The molecule has 4 nitrogen and oxygen atoms in total. The maximum atomic E-state index is 12.1. The number of aromatic nitrogens is 1. The number of hydrogen-bond donors (Lipinski definition) is 0. The highest BCUT2D eigenvalue weighted by Crippen LogP contribution is 2.30. The Morgan fingerprint density at radius 1 is 1.63 bits per heavy atom. The quantitative estimate of drug-likeness (QED) is 0.847. The van der Waals surface area contributed by atoms with Crippen molar-refractivity contribution in [1.29, 1.82) is 0 Å². The average Bonchev–Trinajstić information content (AvgIpc) is 2.71. The maximum Gasteiger partial charge on any atom is 0.227 e. The fourth-order valence-electron chi connectivity index (χ4n) is 2.13. The van der Waals surface area contributed by atoms with Crippen molar-refractivity contribution >= 4 is 44.4 Å². The number of nitrogens with zero attached hydrogens (tertiary/aromatic N) is 2. The second-order valence-electron chi connectivity index (χ2n) is 4.64. The highest BCUT2D eigenvalue weighted by molar-refractivity contribution is 9.10. The molecular weight excluding hydrogens is 328 g/mol. The Bertz CT molecular complexity index is 521. The minimum absolute atomic E-state index is 0.103. The van der Waals surface area contributed by atoms with Crippen molar-refractivity contribution in [3.05, 3.63) is 22.4 Å². The van der Waals surface area contributed by atoms with Crippen molar-refractivity contribution in [1.82, 2.24) is 4.98 Å². The molecule has 0 saturated carbocycles. The molecule has 0 aliphatic carbocycles. The first-order valence-corrected chi connectivity index (χ1v) is 7.81. The van der Waals surface area contributed by atoms with Gasteiger partial charge in [-0.1, -0.05) is 11.8 Å².